The number of anilines is 1. The predicted octanol–water partition coefficient (Wildman–Crippen LogP) is 4.30. The molecule has 108 valence electrons. The van der Waals surface area contributed by atoms with Crippen LogP contribution >= 0.6 is 22.7 Å². The highest BCUT2D eigenvalue weighted by Gasteiger charge is 2.10. The molecule has 0 aliphatic rings. The number of nitrogens with one attached hydrogen (secondary N) is 2. The van der Waals surface area contributed by atoms with E-state index in [0.29, 0.717) is 11.7 Å². The largest absolute Gasteiger partial charge is 0.333 e. The molecule has 0 fully saturated rings. The maximum atomic E-state index is 11.9. The molecule has 2 amide bonds. The molecule has 6 heteroatoms. The van der Waals surface area contributed by atoms with Crippen molar-refractivity contribution < 1.29 is 4.79 Å². The first-order chi connectivity index (χ1) is 10.1. The molecule has 0 radical (unpaired) electrons. The fourth-order valence-electron chi connectivity index (χ4n) is 2.00. The van der Waals surface area contributed by atoms with Crippen molar-refractivity contribution in [3.8, 4) is 0 Å². The third kappa shape index (κ3) is 3.06. The molecule has 2 N–H and O–H groups in total. The summed E-state index contributed by atoms with van der Waals surface area (Å²) in [4.78, 5) is 17.5. The van der Waals surface area contributed by atoms with Crippen molar-refractivity contribution in [1.29, 1.82) is 0 Å². The summed E-state index contributed by atoms with van der Waals surface area (Å²) >= 11 is 3.11. The number of fused-ring (bicyclic) bond motifs is 1. The van der Waals surface area contributed by atoms with Crippen LogP contribution in [0.4, 0.5) is 9.93 Å². The van der Waals surface area contributed by atoms with Gasteiger partial charge in [-0.1, -0.05) is 23.5 Å². The lowest BCUT2D eigenvalue weighted by Gasteiger charge is -2.03. The minimum Gasteiger partial charge on any atom is -0.333 e. The van der Waals surface area contributed by atoms with Crippen LogP contribution in [-0.2, 0) is 6.54 Å². The van der Waals surface area contributed by atoms with Crippen LogP contribution in [0, 0.1) is 13.8 Å². The zero-order valence-electron chi connectivity index (χ0n) is 11.8. The van der Waals surface area contributed by atoms with Crippen LogP contribution in [0.2, 0.25) is 0 Å². The van der Waals surface area contributed by atoms with Crippen LogP contribution in [0.3, 0.4) is 0 Å². The smallest absolute Gasteiger partial charge is 0.321 e. The van der Waals surface area contributed by atoms with Gasteiger partial charge in [0.2, 0.25) is 0 Å². The van der Waals surface area contributed by atoms with Crippen LogP contribution in [0.5, 0.6) is 0 Å². The highest BCUT2D eigenvalue weighted by Crippen LogP contribution is 2.29. The van der Waals surface area contributed by atoms with Gasteiger partial charge >= 0.3 is 6.03 Å². The van der Waals surface area contributed by atoms with E-state index in [1.165, 1.54) is 16.9 Å². The number of amides is 2. The summed E-state index contributed by atoms with van der Waals surface area (Å²) in [6.07, 6.45) is 0. The minimum atomic E-state index is -0.225. The van der Waals surface area contributed by atoms with Gasteiger partial charge in [0.1, 0.15) is 0 Å². The van der Waals surface area contributed by atoms with Gasteiger partial charge in [-0.05, 0) is 42.5 Å². The van der Waals surface area contributed by atoms with E-state index in [0.717, 1.165) is 20.7 Å². The van der Waals surface area contributed by atoms with E-state index in [1.807, 2.05) is 23.6 Å². The molecule has 0 saturated heterocycles. The van der Waals surface area contributed by atoms with E-state index in [-0.39, 0.29) is 6.03 Å². The maximum Gasteiger partial charge on any atom is 0.321 e. The Morgan fingerprint density at radius 1 is 1.29 bits per heavy atom. The van der Waals surface area contributed by atoms with Gasteiger partial charge in [0.25, 0.3) is 0 Å². The average Bonchev–Trinajstić information content (AvgIpc) is 3.10. The average molecular weight is 317 g/mol. The Balaban J connectivity index is 1.70. The van der Waals surface area contributed by atoms with E-state index in [2.05, 4.69) is 35.5 Å². The lowest BCUT2D eigenvalue weighted by atomic mass is 10.1. The van der Waals surface area contributed by atoms with Gasteiger partial charge in [0, 0.05) is 4.88 Å². The first kappa shape index (κ1) is 14.0. The van der Waals surface area contributed by atoms with Crippen molar-refractivity contribution in [2.24, 2.45) is 0 Å². The van der Waals surface area contributed by atoms with Gasteiger partial charge in [-0.15, -0.1) is 11.3 Å². The number of aromatic nitrogens is 1. The molecule has 0 bridgehead atoms. The predicted molar refractivity (Wildman–Crippen MR) is 89.3 cm³/mol. The van der Waals surface area contributed by atoms with Crippen LogP contribution in [0.1, 0.15) is 16.0 Å². The summed E-state index contributed by atoms with van der Waals surface area (Å²) < 4.78 is 1.09. The zero-order valence-corrected chi connectivity index (χ0v) is 13.4. The van der Waals surface area contributed by atoms with Crippen molar-refractivity contribution >= 4 is 44.1 Å². The Bertz CT molecular complexity index is 778. The third-order valence-electron chi connectivity index (χ3n) is 3.31. The van der Waals surface area contributed by atoms with Gasteiger partial charge in [-0.25, -0.2) is 9.78 Å². The van der Waals surface area contributed by atoms with E-state index >= 15 is 0 Å². The number of thiophene rings is 1. The first-order valence-corrected chi connectivity index (χ1v) is 8.27. The molecule has 0 saturated carbocycles. The van der Waals surface area contributed by atoms with Crippen molar-refractivity contribution in [2.45, 2.75) is 20.4 Å². The standard InChI is InChI=1S/C15H15N3OS2/c1-9-5-6-12-13(10(9)2)17-15(21-12)18-14(19)16-8-11-4-3-7-20-11/h3-7H,8H2,1-2H3,(H2,16,17,18,19). The number of hydrogen-bond acceptors (Lipinski definition) is 4. The number of carbonyl (C=O) groups is 1. The molecule has 3 rings (SSSR count). The number of carbonyl (C=O) groups excluding carboxylic acids is 1. The number of hydrogen-bond donors (Lipinski definition) is 2. The first-order valence-electron chi connectivity index (χ1n) is 6.57. The maximum absolute atomic E-state index is 11.9. The molecular weight excluding hydrogens is 302 g/mol. The number of urea groups is 1. The Labute approximate surface area is 130 Å². The van der Waals surface area contributed by atoms with Gasteiger partial charge in [-0.2, -0.15) is 0 Å². The summed E-state index contributed by atoms with van der Waals surface area (Å²) in [5.41, 5.74) is 3.34. The second kappa shape index (κ2) is 5.83. The van der Waals surface area contributed by atoms with E-state index < -0.39 is 0 Å². The topological polar surface area (TPSA) is 54.0 Å². The molecule has 0 unspecified atom stereocenters. The molecule has 0 aliphatic heterocycles. The monoisotopic (exact) mass is 317 g/mol. The summed E-state index contributed by atoms with van der Waals surface area (Å²) in [6.45, 7) is 4.65. The van der Waals surface area contributed by atoms with Crippen LogP contribution < -0.4 is 10.6 Å². The number of benzene rings is 1. The Morgan fingerprint density at radius 2 is 2.14 bits per heavy atom. The number of thiazole rings is 1. The van der Waals surface area contributed by atoms with E-state index in [4.69, 9.17) is 0 Å². The number of aryl methyl sites for hydroxylation is 2. The zero-order chi connectivity index (χ0) is 14.8. The Hall–Kier alpha value is -1.92. The molecule has 2 heterocycles. The molecule has 4 nitrogen and oxygen atoms in total. The Kier molecular flexibility index (Phi) is 3.90. The van der Waals surface area contributed by atoms with Gasteiger partial charge < -0.3 is 5.32 Å². The molecule has 0 atom stereocenters. The molecule has 2 aromatic heterocycles. The summed E-state index contributed by atoms with van der Waals surface area (Å²) in [5, 5.41) is 8.25. The van der Waals surface area contributed by atoms with Crippen LogP contribution in [-0.4, -0.2) is 11.0 Å². The van der Waals surface area contributed by atoms with Crippen LogP contribution in [0.15, 0.2) is 29.6 Å². The third-order valence-corrected chi connectivity index (χ3v) is 5.12. The SMILES string of the molecule is Cc1ccc2sc(NC(=O)NCc3cccs3)nc2c1C. The van der Waals surface area contributed by atoms with E-state index in [1.54, 1.807) is 11.3 Å². The van der Waals surface area contributed by atoms with Crippen molar-refractivity contribution in [3.63, 3.8) is 0 Å². The van der Waals surface area contributed by atoms with Crippen LogP contribution in [0.25, 0.3) is 10.2 Å². The molecule has 21 heavy (non-hydrogen) atoms. The molecule has 0 spiro atoms. The minimum absolute atomic E-state index is 0.225. The van der Waals surface area contributed by atoms with Gasteiger partial charge in [0.05, 0.1) is 16.8 Å². The molecule has 1 aromatic carbocycles. The highest BCUT2D eigenvalue weighted by atomic mass is 32.1. The number of nitrogens with zero attached hydrogens (tertiary/aromatic N) is 1. The van der Waals surface area contributed by atoms with E-state index in [9.17, 15) is 4.79 Å². The fraction of sp³-hybridized carbons (Fsp3) is 0.200. The normalized spacial score (nSPS) is 10.8. The summed E-state index contributed by atoms with van der Waals surface area (Å²) in [5.74, 6) is 0. The lowest BCUT2D eigenvalue weighted by molar-refractivity contribution is 0.252. The quantitative estimate of drug-likeness (QED) is 0.757. The second-order valence-corrected chi connectivity index (χ2v) is 6.82. The second-order valence-electron chi connectivity index (χ2n) is 4.76. The van der Waals surface area contributed by atoms with Gasteiger partial charge in [-0.3, -0.25) is 5.32 Å². The fourth-order valence-corrected chi connectivity index (χ4v) is 3.57. The number of rotatable bonds is 3. The van der Waals surface area contributed by atoms with Gasteiger partial charge in [0.15, 0.2) is 5.13 Å². The van der Waals surface area contributed by atoms with Crippen molar-refractivity contribution in [3.05, 3.63) is 45.6 Å². The van der Waals surface area contributed by atoms with Crippen molar-refractivity contribution in [2.75, 3.05) is 5.32 Å². The summed E-state index contributed by atoms with van der Waals surface area (Å²) in [6, 6.07) is 7.87. The highest BCUT2D eigenvalue weighted by molar-refractivity contribution is 7.22. The lowest BCUT2D eigenvalue weighted by Crippen LogP contribution is -2.27. The Morgan fingerprint density at radius 3 is 2.90 bits per heavy atom. The molecular formula is C15H15N3OS2. The molecule has 3 aromatic rings. The van der Waals surface area contributed by atoms with Crippen molar-refractivity contribution in [1.82, 2.24) is 10.3 Å². The summed E-state index contributed by atoms with van der Waals surface area (Å²) in [7, 11) is 0. The molecule has 0 aliphatic carbocycles.